The number of hydrogen-bond acceptors (Lipinski definition) is 6. The molecule has 4 rings (SSSR count). The molecule has 3 aromatic rings. The van der Waals surface area contributed by atoms with Gasteiger partial charge in [0, 0.05) is 11.8 Å². The van der Waals surface area contributed by atoms with Crippen LogP contribution < -0.4 is 19.7 Å². The van der Waals surface area contributed by atoms with E-state index in [1.807, 2.05) is 0 Å². The van der Waals surface area contributed by atoms with Crippen LogP contribution in [0.2, 0.25) is 0 Å². The van der Waals surface area contributed by atoms with Crippen molar-refractivity contribution in [3.8, 4) is 11.5 Å². The molecule has 0 spiro atoms. The van der Waals surface area contributed by atoms with E-state index in [2.05, 4.69) is 5.32 Å². The summed E-state index contributed by atoms with van der Waals surface area (Å²) in [5.74, 6) is 0.198. The number of rotatable bonds is 7. The van der Waals surface area contributed by atoms with Gasteiger partial charge < -0.3 is 14.8 Å². The van der Waals surface area contributed by atoms with E-state index in [1.54, 1.807) is 61.7 Å². The minimum absolute atomic E-state index is 0.160. The van der Waals surface area contributed by atoms with Gasteiger partial charge in [-0.15, -0.1) is 0 Å². The highest BCUT2D eigenvalue weighted by Gasteiger charge is 2.33. The summed E-state index contributed by atoms with van der Waals surface area (Å²) in [5.41, 5.74) is 1.90. The first-order valence-corrected chi connectivity index (χ1v) is 11.4. The first-order valence-electron chi connectivity index (χ1n) is 10.1. The number of anilines is 2. The van der Waals surface area contributed by atoms with Gasteiger partial charge in [-0.25, -0.2) is 4.39 Å². The van der Waals surface area contributed by atoms with Crippen LogP contribution in [-0.4, -0.2) is 29.9 Å². The number of ether oxygens (including phenoxy) is 2. The number of nitrogens with zero attached hydrogens (tertiary/aromatic N) is 1. The Kier molecular flexibility index (Phi) is 7.24. The summed E-state index contributed by atoms with van der Waals surface area (Å²) in [5, 5.41) is 2.74. The van der Waals surface area contributed by atoms with Gasteiger partial charge in [0.15, 0.2) is 10.9 Å². The zero-order chi connectivity index (χ0) is 24.1. The minimum Gasteiger partial charge on any atom is -0.497 e. The Morgan fingerprint density at radius 2 is 1.82 bits per heavy atom. The molecule has 1 aliphatic rings. The SMILES string of the molecule is COc1cccc(NC(=O)COc2ccc(/C=C3\SC(=S)N(c4ccc(F)cc4)C3=O)cc2)c1. The number of nitrogens with one attached hydrogen (secondary N) is 1. The number of thioether (sulfide) groups is 1. The second kappa shape index (κ2) is 10.5. The third-order valence-corrected chi connectivity index (χ3v) is 6.08. The van der Waals surface area contributed by atoms with Crippen LogP contribution in [0.1, 0.15) is 5.56 Å². The van der Waals surface area contributed by atoms with E-state index in [1.165, 1.54) is 40.9 Å². The molecule has 0 bridgehead atoms. The van der Waals surface area contributed by atoms with Crippen LogP contribution in [0.15, 0.2) is 77.7 Å². The maximum atomic E-state index is 13.2. The lowest BCUT2D eigenvalue weighted by Crippen LogP contribution is -2.27. The van der Waals surface area contributed by atoms with Gasteiger partial charge in [0.05, 0.1) is 17.7 Å². The molecular weight excluding hydrogens is 475 g/mol. The smallest absolute Gasteiger partial charge is 0.270 e. The summed E-state index contributed by atoms with van der Waals surface area (Å²) in [7, 11) is 1.56. The molecular formula is C25H19FN2O4S2. The number of amides is 2. The summed E-state index contributed by atoms with van der Waals surface area (Å²) in [4.78, 5) is 26.8. The lowest BCUT2D eigenvalue weighted by Gasteiger charge is -2.14. The number of methoxy groups -OCH3 is 1. The fraction of sp³-hybridized carbons (Fsp3) is 0.0800. The largest absolute Gasteiger partial charge is 0.497 e. The highest BCUT2D eigenvalue weighted by atomic mass is 32.2. The van der Waals surface area contributed by atoms with E-state index in [0.29, 0.717) is 32.1 Å². The normalized spacial score (nSPS) is 14.4. The van der Waals surface area contributed by atoms with Crippen LogP contribution in [0.4, 0.5) is 15.8 Å². The molecule has 9 heteroatoms. The molecule has 1 aliphatic heterocycles. The Bertz CT molecular complexity index is 1260. The van der Waals surface area contributed by atoms with Crippen LogP contribution in [-0.2, 0) is 9.59 Å². The number of thiocarbonyl (C=S) groups is 1. The molecule has 1 saturated heterocycles. The fourth-order valence-electron chi connectivity index (χ4n) is 3.14. The van der Waals surface area contributed by atoms with Gasteiger partial charge in [-0.1, -0.05) is 42.2 Å². The van der Waals surface area contributed by atoms with Gasteiger partial charge >= 0.3 is 0 Å². The van der Waals surface area contributed by atoms with E-state index in [-0.39, 0.29) is 24.2 Å². The van der Waals surface area contributed by atoms with E-state index >= 15 is 0 Å². The molecule has 3 aromatic carbocycles. The molecule has 172 valence electrons. The Hall–Kier alpha value is -3.69. The van der Waals surface area contributed by atoms with Crippen molar-refractivity contribution in [3.05, 3.63) is 89.1 Å². The molecule has 34 heavy (non-hydrogen) atoms. The van der Waals surface area contributed by atoms with Gasteiger partial charge in [-0.3, -0.25) is 14.5 Å². The topological polar surface area (TPSA) is 67.9 Å². The quantitative estimate of drug-likeness (QED) is 0.357. The van der Waals surface area contributed by atoms with Crippen LogP contribution in [0.5, 0.6) is 11.5 Å². The molecule has 0 saturated carbocycles. The summed E-state index contributed by atoms with van der Waals surface area (Å²) in [6, 6.07) is 19.6. The number of hydrogen-bond donors (Lipinski definition) is 1. The number of halogens is 1. The molecule has 0 unspecified atom stereocenters. The van der Waals surface area contributed by atoms with Crippen molar-refractivity contribution in [1.82, 2.24) is 0 Å². The maximum absolute atomic E-state index is 13.2. The standard InChI is InChI=1S/C25H19FN2O4S2/c1-31-21-4-2-3-18(14-21)27-23(29)15-32-20-11-5-16(6-12-20)13-22-24(30)28(25(33)34-22)19-9-7-17(26)8-10-19/h2-14H,15H2,1H3,(H,27,29)/b22-13-. The third kappa shape index (κ3) is 5.62. The molecule has 1 N–H and O–H groups in total. The summed E-state index contributed by atoms with van der Waals surface area (Å²) >= 11 is 6.51. The van der Waals surface area contributed by atoms with Crippen molar-refractivity contribution in [1.29, 1.82) is 0 Å². The average Bonchev–Trinajstić information content (AvgIpc) is 3.12. The molecule has 0 aromatic heterocycles. The minimum atomic E-state index is -0.384. The van der Waals surface area contributed by atoms with Gasteiger partial charge in [-0.05, 0) is 60.2 Å². The fourth-order valence-corrected chi connectivity index (χ4v) is 4.44. The lowest BCUT2D eigenvalue weighted by atomic mass is 10.2. The Balaban J connectivity index is 1.36. The van der Waals surface area contributed by atoms with Crippen molar-refractivity contribution in [2.24, 2.45) is 0 Å². The van der Waals surface area contributed by atoms with Crippen LogP contribution >= 0.6 is 24.0 Å². The lowest BCUT2D eigenvalue weighted by molar-refractivity contribution is -0.118. The number of carbonyl (C=O) groups is 2. The maximum Gasteiger partial charge on any atom is 0.270 e. The van der Waals surface area contributed by atoms with E-state index in [4.69, 9.17) is 21.7 Å². The first-order chi connectivity index (χ1) is 16.4. The van der Waals surface area contributed by atoms with Gasteiger partial charge in [-0.2, -0.15) is 0 Å². The van der Waals surface area contributed by atoms with Crippen molar-refractivity contribution < 1.29 is 23.5 Å². The molecule has 2 amide bonds. The Morgan fingerprint density at radius 1 is 1.09 bits per heavy atom. The second-order valence-electron chi connectivity index (χ2n) is 7.13. The van der Waals surface area contributed by atoms with E-state index < -0.39 is 0 Å². The van der Waals surface area contributed by atoms with Crippen molar-refractivity contribution in [2.45, 2.75) is 0 Å². The van der Waals surface area contributed by atoms with Crippen LogP contribution in [0.3, 0.4) is 0 Å². The molecule has 6 nitrogen and oxygen atoms in total. The first kappa shape index (κ1) is 23.5. The second-order valence-corrected chi connectivity index (χ2v) is 8.81. The monoisotopic (exact) mass is 494 g/mol. The van der Waals surface area contributed by atoms with Gasteiger partial charge in [0.25, 0.3) is 11.8 Å². The average molecular weight is 495 g/mol. The van der Waals surface area contributed by atoms with E-state index in [9.17, 15) is 14.0 Å². The summed E-state index contributed by atoms with van der Waals surface area (Å²) in [6.07, 6.45) is 1.72. The van der Waals surface area contributed by atoms with Crippen molar-refractivity contribution >= 4 is 57.6 Å². The predicted octanol–water partition coefficient (Wildman–Crippen LogP) is 5.26. The van der Waals surface area contributed by atoms with Crippen LogP contribution in [0, 0.1) is 5.82 Å². The molecule has 1 heterocycles. The Morgan fingerprint density at radius 3 is 2.53 bits per heavy atom. The highest BCUT2D eigenvalue weighted by molar-refractivity contribution is 8.27. The number of carbonyl (C=O) groups excluding carboxylic acids is 2. The number of benzene rings is 3. The van der Waals surface area contributed by atoms with Crippen molar-refractivity contribution in [3.63, 3.8) is 0 Å². The molecule has 0 radical (unpaired) electrons. The van der Waals surface area contributed by atoms with E-state index in [0.717, 1.165) is 5.56 Å². The summed E-state index contributed by atoms with van der Waals surface area (Å²) in [6.45, 7) is -0.160. The Labute approximate surface area is 205 Å². The van der Waals surface area contributed by atoms with Gasteiger partial charge in [0.2, 0.25) is 0 Å². The zero-order valence-electron chi connectivity index (χ0n) is 18.0. The predicted molar refractivity (Wildman–Crippen MR) is 136 cm³/mol. The molecule has 0 aliphatic carbocycles. The van der Waals surface area contributed by atoms with Crippen molar-refractivity contribution in [2.75, 3.05) is 23.9 Å². The summed E-state index contributed by atoms with van der Waals surface area (Å²) < 4.78 is 24.3. The third-order valence-electron chi connectivity index (χ3n) is 4.78. The molecule has 0 atom stereocenters. The highest BCUT2D eigenvalue weighted by Crippen LogP contribution is 2.36. The van der Waals surface area contributed by atoms with Crippen LogP contribution in [0.25, 0.3) is 6.08 Å². The zero-order valence-corrected chi connectivity index (χ0v) is 19.6. The van der Waals surface area contributed by atoms with Gasteiger partial charge in [0.1, 0.15) is 17.3 Å². The molecule has 1 fully saturated rings.